The normalized spacial score (nSPS) is 12.8. The van der Waals surface area contributed by atoms with Crippen molar-refractivity contribution in [1.29, 1.82) is 0 Å². The third-order valence-corrected chi connectivity index (χ3v) is 6.33. The highest BCUT2D eigenvalue weighted by molar-refractivity contribution is 9.10. The molecule has 0 aliphatic rings. The Bertz CT molecular complexity index is 727. The first-order chi connectivity index (χ1) is 10.4. The number of thiophene rings is 1. The fourth-order valence-electron chi connectivity index (χ4n) is 1.83. The molecule has 0 aliphatic heterocycles. The lowest BCUT2D eigenvalue weighted by molar-refractivity contribution is -0.141. The van der Waals surface area contributed by atoms with Crippen LogP contribution in [-0.4, -0.2) is 21.5 Å². The molecule has 0 spiro atoms. The van der Waals surface area contributed by atoms with E-state index < -0.39 is 22.0 Å². The highest BCUT2D eigenvalue weighted by Crippen LogP contribution is 2.24. The van der Waals surface area contributed by atoms with Crippen molar-refractivity contribution in [1.82, 2.24) is 4.72 Å². The molecule has 1 aromatic carbocycles. The van der Waals surface area contributed by atoms with E-state index in [-0.39, 0.29) is 10.6 Å². The summed E-state index contributed by atoms with van der Waals surface area (Å²) in [6.07, 6.45) is -0.0806. The molecule has 0 bridgehead atoms. The van der Waals surface area contributed by atoms with Gasteiger partial charge in [0.2, 0.25) is 0 Å². The standard InChI is InChI=1S/C14H14BrNO4S2/c1-20-13(17)9-12(10-4-6-11(15)7-5-10)16-22(18,19)14-3-2-8-21-14/h2-8,12,16H,9H2,1H3/t12-/m0/s1. The predicted molar refractivity (Wildman–Crippen MR) is 88.2 cm³/mol. The van der Waals surface area contributed by atoms with Crippen molar-refractivity contribution in [2.75, 3.05) is 7.11 Å². The number of nitrogens with one attached hydrogen (secondary N) is 1. The third-order valence-electron chi connectivity index (χ3n) is 2.93. The Labute approximate surface area is 141 Å². The molecule has 0 fully saturated rings. The van der Waals surface area contributed by atoms with Crippen LogP contribution in [0.2, 0.25) is 0 Å². The van der Waals surface area contributed by atoms with E-state index in [1.54, 1.807) is 35.7 Å². The molecule has 0 unspecified atom stereocenters. The minimum Gasteiger partial charge on any atom is -0.469 e. The molecule has 0 saturated carbocycles. The maximum Gasteiger partial charge on any atom is 0.307 e. The zero-order valence-electron chi connectivity index (χ0n) is 11.7. The Morgan fingerprint density at radius 2 is 2.00 bits per heavy atom. The minimum absolute atomic E-state index is 0.0806. The zero-order chi connectivity index (χ0) is 16.2. The fourth-order valence-corrected chi connectivity index (χ4v) is 4.33. The second kappa shape index (κ2) is 7.36. The third kappa shape index (κ3) is 4.39. The van der Waals surface area contributed by atoms with E-state index in [2.05, 4.69) is 25.4 Å². The molecule has 22 heavy (non-hydrogen) atoms. The van der Waals surface area contributed by atoms with Crippen molar-refractivity contribution in [2.24, 2.45) is 0 Å². The van der Waals surface area contributed by atoms with E-state index in [1.165, 1.54) is 13.2 Å². The van der Waals surface area contributed by atoms with E-state index >= 15 is 0 Å². The first kappa shape index (κ1) is 17.1. The molecule has 0 saturated heterocycles. The van der Waals surface area contributed by atoms with Crippen LogP contribution in [0.4, 0.5) is 0 Å². The van der Waals surface area contributed by atoms with E-state index in [4.69, 9.17) is 0 Å². The maximum atomic E-state index is 12.4. The molecule has 1 N–H and O–H groups in total. The summed E-state index contributed by atoms with van der Waals surface area (Å²) in [5.74, 6) is -0.484. The number of halogens is 1. The summed E-state index contributed by atoms with van der Waals surface area (Å²) in [4.78, 5) is 11.6. The first-order valence-electron chi connectivity index (χ1n) is 6.30. The maximum absolute atomic E-state index is 12.4. The number of benzene rings is 1. The molecule has 8 heteroatoms. The second-order valence-corrected chi connectivity index (χ2v) is 8.24. The van der Waals surface area contributed by atoms with Crippen LogP contribution < -0.4 is 4.72 Å². The number of esters is 1. The van der Waals surface area contributed by atoms with Crippen LogP contribution in [0, 0.1) is 0 Å². The Morgan fingerprint density at radius 3 is 2.55 bits per heavy atom. The summed E-state index contributed by atoms with van der Waals surface area (Å²) in [5.41, 5.74) is 0.689. The largest absolute Gasteiger partial charge is 0.469 e. The quantitative estimate of drug-likeness (QED) is 0.752. The molecule has 0 amide bonds. The zero-order valence-corrected chi connectivity index (χ0v) is 14.9. The highest BCUT2D eigenvalue weighted by Gasteiger charge is 2.24. The highest BCUT2D eigenvalue weighted by atomic mass is 79.9. The van der Waals surface area contributed by atoms with E-state index in [0.717, 1.165) is 15.8 Å². The Kier molecular flexibility index (Phi) is 5.74. The van der Waals surface area contributed by atoms with Gasteiger partial charge in [0.15, 0.2) is 0 Å². The molecular weight excluding hydrogens is 390 g/mol. The first-order valence-corrected chi connectivity index (χ1v) is 9.46. The van der Waals surface area contributed by atoms with Crippen LogP contribution in [-0.2, 0) is 19.6 Å². The summed E-state index contributed by atoms with van der Waals surface area (Å²) < 4.78 is 33.0. The number of sulfonamides is 1. The smallest absolute Gasteiger partial charge is 0.307 e. The van der Waals surface area contributed by atoms with Crippen molar-refractivity contribution >= 4 is 43.3 Å². The van der Waals surface area contributed by atoms with Gasteiger partial charge in [-0.2, -0.15) is 0 Å². The van der Waals surface area contributed by atoms with E-state index in [1.807, 2.05) is 0 Å². The van der Waals surface area contributed by atoms with Gasteiger partial charge in [0.05, 0.1) is 19.6 Å². The molecule has 118 valence electrons. The van der Waals surface area contributed by atoms with Gasteiger partial charge in [0.25, 0.3) is 10.0 Å². The van der Waals surface area contributed by atoms with Crippen molar-refractivity contribution < 1.29 is 17.9 Å². The molecule has 0 radical (unpaired) electrons. The molecule has 0 aliphatic carbocycles. The second-order valence-electron chi connectivity index (χ2n) is 4.44. The predicted octanol–water partition coefficient (Wildman–Crippen LogP) is 3.09. The van der Waals surface area contributed by atoms with Crippen LogP contribution >= 0.6 is 27.3 Å². The summed E-state index contributed by atoms with van der Waals surface area (Å²) in [7, 11) is -2.41. The van der Waals surface area contributed by atoms with Crippen LogP contribution in [0.5, 0.6) is 0 Å². The number of hydrogen-bond donors (Lipinski definition) is 1. The molecule has 1 aromatic heterocycles. The fraction of sp³-hybridized carbons (Fsp3) is 0.214. The van der Waals surface area contributed by atoms with Gasteiger partial charge < -0.3 is 4.74 Å². The summed E-state index contributed by atoms with van der Waals surface area (Å²) in [5, 5.41) is 1.68. The number of carbonyl (C=O) groups is 1. The average Bonchev–Trinajstić information content (AvgIpc) is 3.02. The summed E-state index contributed by atoms with van der Waals surface area (Å²) in [6.45, 7) is 0. The lowest BCUT2D eigenvalue weighted by atomic mass is 10.1. The molecule has 2 rings (SSSR count). The number of rotatable bonds is 6. The lowest BCUT2D eigenvalue weighted by Gasteiger charge is -2.17. The van der Waals surface area contributed by atoms with Crippen LogP contribution in [0.3, 0.4) is 0 Å². The van der Waals surface area contributed by atoms with E-state index in [0.29, 0.717) is 5.56 Å². The minimum atomic E-state index is -3.68. The topological polar surface area (TPSA) is 72.5 Å². The van der Waals surface area contributed by atoms with Crippen LogP contribution in [0.25, 0.3) is 0 Å². The summed E-state index contributed by atoms with van der Waals surface area (Å²) in [6, 6.07) is 9.59. The van der Waals surface area contributed by atoms with Crippen LogP contribution in [0.15, 0.2) is 50.5 Å². The average molecular weight is 404 g/mol. The Morgan fingerprint density at radius 1 is 1.32 bits per heavy atom. The van der Waals surface area contributed by atoms with E-state index in [9.17, 15) is 13.2 Å². The van der Waals surface area contributed by atoms with Gasteiger partial charge in [0.1, 0.15) is 4.21 Å². The van der Waals surface area contributed by atoms with Gasteiger partial charge in [-0.05, 0) is 29.1 Å². The van der Waals surface area contributed by atoms with Gasteiger partial charge in [-0.15, -0.1) is 11.3 Å². The molecule has 2 aromatic rings. The van der Waals surface area contributed by atoms with Crippen molar-refractivity contribution in [3.63, 3.8) is 0 Å². The lowest BCUT2D eigenvalue weighted by Crippen LogP contribution is -2.30. The van der Waals surface area contributed by atoms with Gasteiger partial charge in [-0.1, -0.05) is 34.1 Å². The SMILES string of the molecule is COC(=O)C[C@H](NS(=O)(=O)c1cccs1)c1ccc(Br)cc1. The van der Waals surface area contributed by atoms with Crippen molar-refractivity contribution in [3.8, 4) is 0 Å². The van der Waals surface area contributed by atoms with Crippen molar-refractivity contribution in [2.45, 2.75) is 16.7 Å². The van der Waals surface area contributed by atoms with Crippen molar-refractivity contribution in [3.05, 3.63) is 51.8 Å². The molecule has 5 nitrogen and oxygen atoms in total. The monoisotopic (exact) mass is 403 g/mol. The van der Waals surface area contributed by atoms with Gasteiger partial charge in [-0.3, -0.25) is 4.79 Å². The molecule has 1 atom stereocenters. The number of hydrogen-bond acceptors (Lipinski definition) is 5. The number of carbonyl (C=O) groups excluding carboxylic acids is 1. The number of ether oxygens (including phenoxy) is 1. The van der Waals surface area contributed by atoms with Gasteiger partial charge >= 0.3 is 5.97 Å². The Balaban J connectivity index is 2.28. The summed E-state index contributed by atoms with van der Waals surface area (Å²) >= 11 is 4.44. The van der Waals surface area contributed by atoms with Gasteiger partial charge in [0, 0.05) is 4.47 Å². The van der Waals surface area contributed by atoms with Gasteiger partial charge in [-0.25, -0.2) is 13.1 Å². The molecule has 1 heterocycles. The Hall–Kier alpha value is -1.22. The van der Waals surface area contributed by atoms with Crippen LogP contribution in [0.1, 0.15) is 18.0 Å². The molecular formula is C14H14BrNO4S2. The number of methoxy groups -OCH3 is 1.